The van der Waals surface area contributed by atoms with Gasteiger partial charge in [0.2, 0.25) is 6.79 Å². The van der Waals surface area contributed by atoms with E-state index >= 15 is 0 Å². The third-order valence-electron chi connectivity index (χ3n) is 3.23. The average molecular weight is 329 g/mol. The number of phenols is 1. The average Bonchev–Trinajstić information content (AvgIpc) is 3.03. The quantitative estimate of drug-likeness (QED) is 0.501. The maximum absolute atomic E-state index is 12.0. The summed E-state index contributed by atoms with van der Waals surface area (Å²) in [7, 11) is 0. The number of rotatable bonds is 4. The largest absolute Gasteiger partial charge is 0.507 e. The first-order chi connectivity index (χ1) is 11.5. The summed E-state index contributed by atoms with van der Waals surface area (Å²) in [4.78, 5) is 22.1. The van der Waals surface area contributed by atoms with Crippen LogP contribution in [0.25, 0.3) is 0 Å². The van der Waals surface area contributed by atoms with Gasteiger partial charge in [0.05, 0.1) is 11.1 Å². The van der Waals surface area contributed by atoms with Gasteiger partial charge in [-0.2, -0.15) is 5.10 Å². The van der Waals surface area contributed by atoms with Crippen molar-refractivity contribution in [1.29, 1.82) is 0 Å². The molecule has 1 amide bonds. The first-order valence-electron chi connectivity index (χ1n) is 6.75. The number of nitro groups is 1. The number of hydrogen-bond acceptors (Lipinski definition) is 7. The molecule has 2 aromatic carbocycles. The van der Waals surface area contributed by atoms with Gasteiger partial charge < -0.3 is 14.6 Å². The number of hydrogen-bond donors (Lipinski definition) is 2. The summed E-state index contributed by atoms with van der Waals surface area (Å²) >= 11 is 0. The van der Waals surface area contributed by atoms with Crippen LogP contribution in [0.3, 0.4) is 0 Å². The van der Waals surface area contributed by atoms with Crippen LogP contribution in [0.1, 0.15) is 15.9 Å². The molecule has 0 saturated carbocycles. The lowest BCUT2D eigenvalue weighted by Crippen LogP contribution is -2.17. The second-order valence-electron chi connectivity index (χ2n) is 4.77. The summed E-state index contributed by atoms with van der Waals surface area (Å²) in [6, 6.07) is 8.15. The van der Waals surface area contributed by atoms with Gasteiger partial charge in [0, 0.05) is 23.3 Å². The summed E-state index contributed by atoms with van der Waals surface area (Å²) in [6.07, 6.45) is 1.12. The zero-order valence-corrected chi connectivity index (χ0v) is 12.1. The lowest BCUT2D eigenvalue weighted by Gasteiger charge is -2.02. The molecule has 1 aliphatic rings. The Hall–Kier alpha value is -3.62. The van der Waals surface area contributed by atoms with Crippen molar-refractivity contribution in [2.75, 3.05) is 6.79 Å². The molecule has 0 spiro atoms. The number of carbonyl (C=O) groups excluding carboxylic acids is 1. The van der Waals surface area contributed by atoms with E-state index in [0.29, 0.717) is 17.1 Å². The number of nitrogens with one attached hydrogen (secondary N) is 1. The van der Waals surface area contributed by atoms with Gasteiger partial charge in [0.1, 0.15) is 5.75 Å². The topological polar surface area (TPSA) is 123 Å². The molecule has 2 aromatic rings. The molecule has 0 unspecified atom stereocenters. The number of ether oxygens (including phenoxy) is 2. The van der Waals surface area contributed by atoms with Crippen molar-refractivity contribution in [3.05, 3.63) is 57.6 Å². The smallest absolute Gasteiger partial charge is 0.271 e. The number of non-ortho nitro benzene ring substituents is 1. The molecule has 0 saturated heterocycles. The van der Waals surface area contributed by atoms with Crippen LogP contribution in [-0.2, 0) is 0 Å². The van der Waals surface area contributed by atoms with E-state index < -0.39 is 10.8 Å². The molecule has 3 rings (SSSR count). The number of nitro benzene ring substituents is 1. The van der Waals surface area contributed by atoms with Crippen LogP contribution in [0.5, 0.6) is 17.2 Å². The van der Waals surface area contributed by atoms with Crippen LogP contribution in [0.4, 0.5) is 5.69 Å². The number of aromatic hydroxyl groups is 1. The van der Waals surface area contributed by atoms with Gasteiger partial charge in [-0.15, -0.1) is 0 Å². The van der Waals surface area contributed by atoms with E-state index in [0.717, 1.165) is 18.3 Å². The molecular weight excluding hydrogens is 318 g/mol. The van der Waals surface area contributed by atoms with Gasteiger partial charge >= 0.3 is 0 Å². The first kappa shape index (κ1) is 15.3. The number of nitrogens with zero attached hydrogens (tertiary/aromatic N) is 2. The molecule has 122 valence electrons. The second-order valence-corrected chi connectivity index (χ2v) is 4.77. The first-order valence-corrected chi connectivity index (χ1v) is 6.75. The van der Waals surface area contributed by atoms with E-state index in [1.54, 1.807) is 12.1 Å². The minimum Gasteiger partial charge on any atom is -0.507 e. The second kappa shape index (κ2) is 6.24. The van der Waals surface area contributed by atoms with Crippen molar-refractivity contribution in [1.82, 2.24) is 5.43 Å². The Morgan fingerprint density at radius 2 is 2.04 bits per heavy atom. The standard InChI is InChI=1S/C15H11N3O6/c19-12-3-2-11(18(21)22)5-10(12)7-16-17-15(20)9-1-4-13-14(6-9)24-8-23-13/h1-7,19H,8H2,(H,17,20)/b16-7-. The van der Waals surface area contributed by atoms with E-state index in [1.165, 1.54) is 12.1 Å². The molecule has 9 heteroatoms. The summed E-state index contributed by atoms with van der Waals surface area (Å²) in [5, 5.41) is 24.1. The molecule has 1 aliphatic heterocycles. The van der Waals surface area contributed by atoms with Gasteiger partial charge in [-0.1, -0.05) is 0 Å². The maximum atomic E-state index is 12.0. The van der Waals surface area contributed by atoms with Crippen LogP contribution >= 0.6 is 0 Å². The number of phenolic OH excluding ortho intramolecular Hbond substituents is 1. The van der Waals surface area contributed by atoms with Crippen molar-refractivity contribution in [2.24, 2.45) is 5.10 Å². The van der Waals surface area contributed by atoms with E-state index in [1.807, 2.05) is 0 Å². The molecule has 0 atom stereocenters. The highest BCUT2D eigenvalue weighted by Gasteiger charge is 2.16. The monoisotopic (exact) mass is 329 g/mol. The van der Waals surface area contributed by atoms with Crippen molar-refractivity contribution in [2.45, 2.75) is 0 Å². The van der Waals surface area contributed by atoms with Gasteiger partial charge in [-0.05, 0) is 24.3 Å². The van der Waals surface area contributed by atoms with Crippen LogP contribution < -0.4 is 14.9 Å². The van der Waals surface area contributed by atoms with E-state index in [4.69, 9.17) is 9.47 Å². The predicted molar refractivity (Wildman–Crippen MR) is 82.4 cm³/mol. The van der Waals surface area contributed by atoms with Gasteiger partial charge in [-0.3, -0.25) is 14.9 Å². The van der Waals surface area contributed by atoms with E-state index in [-0.39, 0.29) is 23.8 Å². The Balaban J connectivity index is 1.71. The third-order valence-corrected chi connectivity index (χ3v) is 3.23. The molecule has 0 aromatic heterocycles. The Morgan fingerprint density at radius 1 is 1.25 bits per heavy atom. The molecule has 2 N–H and O–H groups in total. The molecular formula is C15H11N3O6. The minimum atomic E-state index is -0.595. The summed E-state index contributed by atoms with van der Waals surface area (Å²) in [5.74, 6) is 0.315. The summed E-state index contributed by atoms with van der Waals surface area (Å²) in [5.41, 5.74) is 2.48. The van der Waals surface area contributed by atoms with Gasteiger partial charge in [0.25, 0.3) is 11.6 Å². The fraction of sp³-hybridized carbons (Fsp3) is 0.0667. The van der Waals surface area contributed by atoms with Crippen LogP contribution in [0.2, 0.25) is 0 Å². The molecule has 0 radical (unpaired) electrons. The summed E-state index contributed by atoms with van der Waals surface area (Å²) < 4.78 is 10.3. The highest BCUT2D eigenvalue weighted by atomic mass is 16.7. The Kier molecular flexibility index (Phi) is 3.98. The lowest BCUT2D eigenvalue weighted by molar-refractivity contribution is -0.384. The zero-order valence-electron chi connectivity index (χ0n) is 12.1. The fourth-order valence-corrected chi connectivity index (χ4v) is 2.02. The number of benzene rings is 2. The van der Waals surface area contributed by atoms with Gasteiger partial charge in [0.15, 0.2) is 11.5 Å². The number of hydrazone groups is 1. The van der Waals surface area contributed by atoms with Crippen molar-refractivity contribution in [3.8, 4) is 17.2 Å². The molecule has 0 bridgehead atoms. The molecule has 24 heavy (non-hydrogen) atoms. The zero-order chi connectivity index (χ0) is 17.1. The molecule has 0 aliphatic carbocycles. The van der Waals surface area contributed by atoms with Crippen molar-refractivity contribution >= 4 is 17.8 Å². The fourth-order valence-electron chi connectivity index (χ4n) is 2.02. The SMILES string of the molecule is O=C(N/N=C\c1cc([N+](=O)[O-])ccc1O)c1ccc2c(c1)OCO2. The minimum absolute atomic E-state index is 0.102. The molecule has 9 nitrogen and oxygen atoms in total. The van der Waals surface area contributed by atoms with Gasteiger partial charge in [-0.25, -0.2) is 5.43 Å². The highest BCUT2D eigenvalue weighted by molar-refractivity contribution is 5.95. The third kappa shape index (κ3) is 3.09. The van der Waals surface area contributed by atoms with Crippen LogP contribution in [-0.4, -0.2) is 28.9 Å². The number of carbonyl (C=O) groups is 1. The summed E-state index contributed by atoms with van der Waals surface area (Å²) in [6.45, 7) is 0.102. The Labute approximate surface area is 135 Å². The maximum Gasteiger partial charge on any atom is 0.271 e. The molecule has 0 fully saturated rings. The number of fused-ring (bicyclic) bond motifs is 1. The van der Waals surface area contributed by atoms with Crippen molar-refractivity contribution in [3.63, 3.8) is 0 Å². The Morgan fingerprint density at radius 3 is 2.83 bits per heavy atom. The van der Waals surface area contributed by atoms with Crippen molar-refractivity contribution < 1.29 is 24.3 Å². The lowest BCUT2D eigenvalue weighted by atomic mass is 10.2. The van der Waals surface area contributed by atoms with Crippen LogP contribution in [0, 0.1) is 10.1 Å². The highest BCUT2D eigenvalue weighted by Crippen LogP contribution is 2.32. The van der Waals surface area contributed by atoms with E-state index in [2.05, 4.69) is 10.5 Å². The Bertz CT molecular complexity index is 849. The predicted octanol–water partition coefficient (Wildman–Crippen LogP) is 1.79. The molecule has 1 heterocycles. The normalized spacial score (nSPS) is 12.3. The van der Waals surface area contributed by atoms with E-state index in [9.17, 15) is 20.0 Å². The number of amides is 1. The van der Waals surface area contributed by atoms with Crippen LogP contribution in [0.15, 0.2) is 41.5 Å².